The minimum Gasteiger partial charge on any atom is -0.419 e. The molecule has 170 valence electrons. The number of carbonyl (C=O) groups excluding carboxylic acids is 1. The molecule has 1 aromatic carbocycles. The van der Waals surface area contributed by atoms with Gasteiger partial charge in [-0.1, -0.05) is 23.7 Å². The normalized spacial score (nSPS) is 13.5. The molecule has 0 aliphatic heterocycles. The average Bonchev–Trinajstić information content (AvgIpc) is 3.39. The summed E-state index contributed by atoms with van der Waals surface area (Å²) < 4.78 is 9.52. The van der Waals surface area contributed by atoms with Gasteiger partial charge in [0.2, 0.25) is 17.7 Å². The van der Waals surface area contributed by atoms with Gasteiger partial charge in [0.1, 0.15) is 6.54 Å². The lowest BCUT2D eigenvalue weighted by atomic mass is 10.2. The van der Waals surface area contributed by atoms with Gasteiger partial charge in [0.25, 0.3) is 5.56 Å². The molecule has 0 atom stereocenters. The molecule has 4 aromatic rings. The highest BCUT2D eigenvalue weighted by Crippen LogP contribution is 2.30. The van der Waals surface area contributed by atoms with Crippen LogP contribution in [-0.2, 0) is 32.0 Å². The maximum absolute atomic E-state index is 13.2. The molecule has 3 aromatic heterocycles. The Morgan fingerprint density at radius 1 is 1.18 bits per heavy atom. The summed E-state index contributed by atoms with van der Waals surface area (Å²) in [6.07, 6.45) is 3.15. The van der Waals surface area contributed by atoms with Gasteiger partial charge in [0, 0.05) is 20.1 Å². The molecule has 1 aliphatic rings. The zero-order chi connectivity index (χ0) is 23.3. The molecular weight excluding hydrogens is 450 g/mol. The third-order valence-electron chi connectivity index (χ3n) is 5.71. The topological polar surface area (TPSA) is 121 Å². The van der Waals surface area contributed by atoms with Crippen LogP contribution < -0.4 is 11.2 Å². The van der Waals surface area contributed by atoms with E-state index in [-0.39, 0.29) is 42.1 Å². The van der Waals surface area contributed by atoms with Crippen LogP contribution >= 0.6 is 11.6 Å². The van der Waals surface area contributed by atoms with Gasteiger partial charge in [-0.25, -0.2) is 9.78 Å². The Labute approximate surface area is 191 Å². The third kappa shape index (κ3) is 3.74. The van der Waals surface area contributed by atoms with Gasteiger partial charge >= 0.3 is 5.69 Å². The van der Waals surface area contributed by atoms with Crippen LogP contribution in [0.3, 0.4) is 0 Å². The first-order chi connectivity index (χ1) is 15.8. The van der Waals surface area contributed by atoms with Crippen LogP contribution in [0.1, 0.15) is 18.7 Å². The molecule has 11 nitrogen and oxygen atoms in total. The van der Waals surface area contributed by atoms with Crippen LogP contribution in [-0.4, -0.2) is 45.7 Å². The molecule has 33 heavy (non-hydrogen) atoms. The SMILES string of the molecule is Cn1c(=O)c2c(ncn2CC(=O)N(Cc2nnc(-c3ccccc3Cl)o2)C2CC2)n(C)c1=O. The van der Waals surface area contributed by atoms with Crippen LogP contribution in [0.25, 0.3) is 22.6 Å². The fraction of sp³-hybridized carbons (Fsp3) is 0.333. The molecule has 1 saturated carbocycles. The van der Waals surface area contributed by atoms with E-state index in [1.54, 1.807) is 17.0 Å². The minimum absolute atomic E-state index is 0.0649. The van der Waals surface area contributed by atoms with Crippen molar-refractivity contribution in [3.05, 3.63) is 62.3 Å². The summed E-state index contributed by atoms with van der Waals surface area (Å²) in [6.45, 7) is 0.0377. The third-order valence-corrected chi connectivity index (χ3v) is 6.04. The van der Waals surface area contributed by atoms with Crippen LogP contribution in [0, 0.1) is 0 Å². The second-order valence-electron chi connectivity index (χ2n) is 7.98. The maximum atomic E-state index is 13.2. The first-order valence-corrected chi connectivity index (χ1v) is 10.7. The molecule has 1 fully saturated rings. The lowest BCUT2D eigenvalue weighted by molar-refractivity contribution is -0.133. The molecule has 0 bridgehead atoms. The Hall–Kier alpha value is -3.73. The number of halogens is 1. The Morgan fingerprint density at radius 2 is 1.94 bits per heavy atom. The van der Waals surface area contributed by atoms with Crippen molar-refractivity contribution < 1.29 is 9.21 Å². The van der Waals surface area contributed by atoms with E-state index in [1.807, 2.05) is 12.1 Å². The van der Waals surface area contributed by atoms with Crippen molar-refractivity contribution in [2.24, 2.45) is 14.1 Å². The molecule has 1 amide bonds. The Morgan fingerprint density at radius 3 is 2.67 bits per heavy atom. The first kappa shape index (κ1) is 21.1. The zero-order valence-corrected chi connectivity index (χ0v) is 18.7. The number of amides is 1. The minimum atomic E-state index is -0.502. The summed E-state index contributed by atoms with van der Waals surface area (Å²) in [5, 5.41) is 8.64. The largest absolute Gasteiger partial charge is 0.419 e. The zero-order valence-electron chi connectivity index (χ0n) is 17.9. The van der Waals surface area contributed by atoms with Crippen molar-refractivity contribution in [3.8, 4) is 11.5 Å². The van der Waals surface area contributed by atoms with Crippen LogP contribution in [0.4, 0.5) is 0 Å². The van der Waals surface area contributed by atoms with Gasteiger partial charge in [-0.05, 0) is 25.0 Å². The second-order valence-corrected chi connectivity index (χ2v) is 8.39. The molecule has 0 radical (unpaired) electrons. The van der Waals surface area contributed by atoms with Gasteiger partial charge in [-0.2, -0.15) is 0 Å². The lowest BCUT2D eigenvalue weighted by Gasteiger charge is -2.21. The van der Waals surface area contributed by atoms with Gasteiger partial charge in [-0.3, -0.25) is 18.7 Å². The Kier molecular flexibility index (Phi) is 5.12. The van der Waals surface area contributed by atoms with E-state index in [9.17, 15) is 14.4 Å². The van der Waals surface area contributed by atoms with Crippen molar-refractivity contribution in [2.75, 3.05) is 0 Å². The summed E-state index contributed by atoms with van der Waals surface area (Å²) in [4.78, 5) is 43.8. The first-order valence-electron chi connectivity index (χ1n) is 10.3. The van der Waals surface area contributed by atoms with E-state index >= 15 is 0 Å². The predicted octanol–water partition coefficient (Wildman–Crippen LogP) is 1.33. The van der Waals surface area contributed by atoms with Gasteiger partial charge in [0.15, 0.2) is 11.2 Å². The van der Waals surface area contributed by atoms with E-state index < -0.39 is 11.2 Å². The number of aromatic nitrogens is 6. The second kappa shape index (κ2) is 8.00. The molecule has 0 spiro atoms. The smallest absolute Gasteiger partial charge is 0.332 e. The van der Waals surface area contributed by atoms with Crippen molar-refractivity contribution in [1.82, 2.24) is 33.8 Å². The summed E-state index contributed by atoms with van der Waals surface area (Å²) in [5.41, 5.74) is 0.0678. The number of aryl methyl sites for hydroxylation is 1. The molecule has 5 rings (SSSR count). The summed E-state index contributed by atoms with van der Waals surface area (Å²) in [5.74, 6) is 0.355. The van der Waals surface area contributed by atoms with Gasteiger partial charge in [0.05, 0.1) is 23.5 Å². The molecule has 0 unspecified atom stereocenters. The number of nitrogens with zero attached hydrogens (tertiary/aromatic N) is 7. The number of imidazole rings is 1. The van der Waals surface area contributed by atoms with Crippen LogP contribution in [0.2, 0.25) is 5.02 Å². The standard InChI is InChI=1S/C21H20ClN7O4/c1-26-18-17(20(31)27(2)21(26)32)28(11-23-18)10-16(30)29(12-7-8-12)9-15-24-25-19(33-15)13-5-3-4-6-14(13)22/h3-6,11-12H,7-10H2,1-2H3. The van der Waals surface area contributed by atoms with E-state index in [0.717, 1.165) is 17.4 Å². The molecule has 1 aliphatic carbocycles. The van der Waals surface area contributed by atoms with Crippen molar-refractivity contribution in [1.29, 1.82) is 0 Å². The summed E-state index contributed by atoms with van der Waals surface area (Å²) >= 11 is 6.21. The van der Waals surface area contributed by atoms with Crippen molar-refractivity contribution in [3.63, 3.8) is 0 Å². The monoisotopic (exact) mass is 469 g/mol. The van der Waals surface area contributed by atoms with Crippen molar-refractivity contribution >= 4 is 28.7 Å². The number of benzene rings is 1. The molecule has 3 heterocycles. The van der Waals surface area contributed by atoms with E-state index in [4.69, 9.17) is 16.0 Å². The van der Waals surface area contributed by atoms with Crippen LogP contribution in [0.15, 0.2) is 44.6 Å². The van der Waals surface area contributed by atoms with Gasteiger partial charge < -0.3 is 13.9 Å². The Bertz CT molecular complexity index is 1490. The maximum Gasteiger partial charge on any atom is 0.332 e. The van der Waals surface area contributed by atoms with E-state index in [1.165, 1.54) is 29.6 Å². The summed E-state index contributed by atoms with van der Waals surface area (Å²) in [6, 6.07) is 7.20. The number of fused-ring (bicyclic) bond motifs is 1. The fourth-order valence-corrected chi connectivity index (χ4v) is 3.98. The van der Waals surface area contributed by atoms with Gasteiger partial charge in [-0.15, -0.1) is 10.2 Å². The highest BCUT2D eigenvalue weighted by Gasteiger charge is 2.34. The summed E-state index contributed by atoms with van der Waals surface area (Å²) in [7, 11) is 2.93. The highest BCUT2D eigenvalue weighted by molar-refractivity contribution is 6.33. The average molecular weight is 470 g/mol. The molecular formula is C21H20ClN7O4. The number of rotatable bonds is 6. The molecule has 12 heteroatoms. The molecule has 0 saturated heterocycles. The van der Waals surface area contributed by atoms with Crippen molar-refractivity contribution in [2.45, 2.75) is 32.0 Å². The number of carbonyl (C=O) groups is 1. The van der Waals surface area contributed by atoms with E-state index in [0.29, 0.717) is 16.5 Å². The lowest BCUT2D eigenvalue weighted by Crippen LogP contribution is -2.39. The Balaban J connectivity index is 1.41. The number of hydrogen-bond donors (Lipinski definition) is 0. The van der Waals surface area contributed by atoms with E-state index in [2.05, 4.69) is 15.2 Å². The predicted molar refractivity (Wildman–Crippen MR) is 119 cm³/mol. The highest BCUT2D eigenvalue weighted by atomic mass is 35.5. The fourth-order valence-electron chi connectivity index (χ4n) is 3.77. The quantitative estimate of drug-likeness (QED) is 0.417. The van der Waals surface area contributed by atoms with Crippen LogP contribution in [0.5, 0.6) is 0 Å². The number of hydrogen-bond acceptors (Lipinski definition) is 7. The molecule has 0 N–H and O–H groups in total.